The van der Waals surface area contributed by atoms with E-state index in [4.69, 9.17) is 0 Å². The highest BCUT2D eigenvalue weighted by atomic mass is 32.2. The van der Waals surface area contributed by atoms with Gasteiger partial charge in [0.2, 0.25) is 10.0 Å². The minimum absolute atomic E-state index is 0.216. The van der Waals surface area contributed by atoms with Crippen LogP contribution in [0.5, 0.6) is 0 Å². The third kappa shape index (κ3) is 3.16. The summed E-state index contributed by atoms with van der Waals surface area (Å²) in [5.74, 6) is -0.316. The molecule has 1 unspecified atom stereocenters. The first-order chi connectivity index (χ1) is 11.0. The van der Waals surface area contributed by atoms with Gasteiger partial charge in [-0.1, -0.05) is 18.6 Å². The van der Waals surface area contributed by atoms with E-state index < -0.39 is 10.0 Å². The summed E-state index contributed by atoms with van der Waals surface area (Å²) in [4.78, 5) is 0.216. The van der Waals surface area contributed by atoms with Gasteiger partial charge in [0.05, 0.1) is 12.2 Å². The molecule has 2 aromatic rings. The van der Waals surface area contributed by atoms with E-state index in [9.17, 15) is 12.8 Å². The molecule has 1 atom stereocenters. The van der Waals surface area contributed by atoms with Gasteiger partial charge in [0.1, 0.15) is 10.7 Å². The van der Waals surface area contributed by atoms with Crippen LogP contribution in [-0.4, -0.2) is 29.0 Å². The Morgan fingerprint density at radius 1 is 1.26 bits per heavy atom. The number of halogens is 1. The maximum atomic E-state index is 13.1. The minimum Gasteiger partial charge on any atom is -0.272 e. The number of nitrogens with zero attached hydrogens (tertiary/aromatic N) is 3. The van der Waals surface area contributed by atoms with Gasteiger partial charge in [-0.15, -0.1) is 0 Å². The van der Waals surface area contributed by atoms with Crippen LogP contribution < -0.4 is 0 Å². The van der Waals surface area contributed by atoms with Gasteiger partial charge in [-0.2, -0.15) is 9.40 Å². The summed E-state index contributed by atoms with van der Waals surface area (Å²) in [6.45, 7) is 3.00. The van der Waals surface area contributed by atoms with Crippen LogP contribution in [0.3, 0.4) is 0 Å². The van der Waals surface area contributed by atoms with Crippen LogP contribution in [0.4, 0.5) is 4.39 Å². The molecule has 2 heterocycles. The van der Waals surface area contributed by atoms with E-state index in [-0.39, 0.29) is 16.8 Å². The van der Waals surface area contributed by atoms with Gasteiger partial charge in [0.25, 0.3) is 0 Å². The number of aromatic nitrogens is 2. The summed E-state index contributed by atoms with van der Waals surface area (Å²) >= 11 is 0. The lowest BCUT2D eigenvalue weighted by molar-refractivity contribution is 0.256. The molecule has 23 heavy (non-hydrogen) atoms. The SMILES string of the molecule is CCn1cc(S(=O)(=O)N2CCCCC2c2ccc(F)cc2)cn1. The van der Waals surface area contributed by atoms with E-state index in [1.54, 1.807) is 23.0 Å². The summed E-state index contributed by atoms with van der Waals surface area (Å²) in [7, 11) is -3.60. The maximum Gasteiger partial charge on any atom is 0.246 e. The zero-order chi connectivity index (χ0) is 16.4. The first-order valence-corrected chi connectivity index (χ1v) is 9.26. The maximum absolute atomic E-state index is 13.1. The van der Waals surface area contributed by atoms with E-state index >= 15 is 0 Å². The fourth-order valence-electron chi connectivity index (χ4n) is 3.00. The number of hydrogen-bond acceptors (Lipinski definition) is 3. The molecule has 1 fully saturated rings. The van der Waals surface area contributed by atoms with Gasteiger partial charge in [-0.3, -0.25) is 4.68 Å². The Kier molecular flexibility index (Phi) is 4.50. The van der Waals surface area contributed by atoms with E-state index in [1.165, 1.54) is 22.6 Å². The number of hydrogen-bond donors (Lipinski definition) is 0. The summed E-state index contributed by atoms with van der Waals surface area (Å²) in [6.07, 6.45) is 5.49. The number of sulfonamides is 1. The standard InChI is InChI=1S/C16H20FN3O2S/c1-2-19-12-15(11-18-19)23(21,22)20-10-4-3-5-16(20)13-6-8-14(17)9-7-13/h6-9,11-12,16H,2-5,10H2,1H3. The fourth-order valence-corrected chi connectivity index (χ4v) is 4.63. The van der Waals surface area contributed by atoms with Crippen molar-refractivity contribution in [2.24, 2.45) is 0 Å². The average molecular weight is 337 g/mol. The first-order valence-electron chi connectivity index (χ1n) is 7.82. The lowest BCUT2D eigenvalue weighted by atomic mass is 9.97. The Bertz CT molecular complexity index is 771. The largest absolute Gasteiger partial charge is 0.272 e. The molecule has 0 saturated carbocycles. The zero-order valence-corrected chi connectivity index (χ0v) is 13.8. The van der Waals surface area contributed by atoms with Crippen LogP contribution in [0.25, 0.3) is 0 Å². The second-order valence-corrected chi connectivity index (χ2v) is 7.60. The molecule has 0 amide bonds. The Hall–Kier alpha value is -1.73. The van der Waals surface area contributed by atoms with Crippen molar-refractivity contribution >= 4 is 10.0 Å². The average Bonchev–Trinajstić information content (AvgIpc) is 3.05. The first kappa shape index (κ1) is 16.1. The summed E-state index contributed by atoms with van der Waals surface area (Å²) in [6, 6.07) is 5.85. The fraction of sp³-hybridized carbons (Fsp3) is 0.438. The van der Waals surface area contributed by atoms with Gasteiger partial charge >= 0.3 is 0 Å². The topological polar surface area (TPSA) is 55.2 Å². The van der Waals surface area contributed by atoms with Crippen LogP contribution in [0.15, 0.2) is 41.6 Å². The summed E-state index contributed by atoms with van der Waals surface area (Å²) in [5, 5.41) is 4.07. The van der Waals surface area contributed by atoms with Crippen molar-refractivity contribution in [3.05, 3.63) is 48.0 Å². The van der Waals surface area contributed by atoms with Crippen molar-refractivity contribution < 1.29 is 12.8 Å². The lowest BCUT2D eigenvalue weighted by Crippen LogP contribution is -2.38. The monoisotopic (exact) mass is 337 g/mol. The highest BCUT2D eigenvalue weighted by molar-refractivity contribution is 7.89. The highest BCUT2D eigenvalue weighted by Crippen LogP contribution is 2.35. The molecule has 5 nitrogen and oxygen atoms in total. The van der Waals surface area contributed by atoms with Crippen molar-refractivity contribution in [3.63, 3.8) is 0 Å². The van der Waals surface area contributed by atoms with Crippen molar-refractivity contribution in [2.75, 3.05) is 6.54 Å². The molecule has 1 aliphatic rings. The van der Waals surface area contributed by atoms with Gasteiger partial charge in [-0.25, -0.2) is 12.8 Å². The molecule has 0 bridgehead atoms. The van der Waals surface area contributed by atoms with Crippen LogP contribution >= 0.6 is 0 Å². The predicted molar refractivity (Wildman–Crippen MR) is 84.8 cm³/mol. The smallest absolute Gasteiger partial charge is 0.246 e. The van der Waals surface area contributed by atoms with Crippen LogP contribution in [0.1, 0.15) is 37.8 Å². The molecule has 0 radical (unpaired) electrons. The molecule has 1 aliphatic heterocycles. The van der Waals surface area contributed by atoms with Crippen molar-refractivity contribution in [3.8, 4) is 0 Å². The number of piperidine rings is 1. The Balaban J connectivity index is 1.95. The van der Waals surface area contributed by atoms with Crippen molar-refractivity contribution in [1.29, 1.82) is 0 Å². The van der Waals surface area contributed by atoms with Gasteiger partial charge < -0.3 is 0 Å². The normalized spacial score (nSPS) is 19.8. The van der Waals surface area contributed by atoms with Gasteiger partial charge in [-0.05, 0) is 37.5 Å². The number of benzene rings is 1. The van der Waals surface area contributed by atoms with Gasteiger partial charge in [0.15, 0.2) is 0 Å². The van der Waals surface area contributed by atoms with Crippen molar-refractivity contribution in [1.82, 2.24) is 14.1 Å². The third-order valence-corrected chi connectivity index (χ3v) is 6.11. The summed E-state index contributed by atoms with van der Waals surface area (Å²) < 4.78 is 42.2. The molecule has 0 aliphatic carbocycles. The molecule has 124 valence electrons. The Morgan fingerprint density at radius 2 is 2.00 bits per heavy atom. The van der Waals surface area contributed by atoms with E-state index in [1.807, 2.05) is 6.92 Å². The van der Waals surface area contributed by atoms with E-state index in [0.29, 0.717) is 13.1 Å². The predicted octanol–water partition coefficient (Wildman–Crippen LogP) is 2.96. The molecule has 1 saturated heterocycles. The Morgan fingerprint density at radius 3 is 2.65 bits per heavy atom. The number of rotatable bonds is 4. The van der Waals surface area contributed by atoms with E-state index in [2.05, 4.69) is 5.10 Å². The van der Waals surface area contributed by atoms with Crippen LogP contribution in [0, 0.1) is 5.82 Å². The molecule has 1 aromatic heterocycles. The van der Waals surface area contributed by atoms with Crippen molar-refractivity contribution in [2.45, 2.75) is 43.7 Å². The molecule has 0 N–H and O–H groups in total. The molecular weight excluding hydrogens is 317 g/mol. The molecule has 7 heteroatoms. The second-order valence-electron chi connectivity index (χ2n) is 5.71. The Labute approximate surface area is 135 Å². The molecule has 3 rings (SSSR count). The summed E-state index contributed by atoms with van der Waals surface area (Å²) in [5.41, 5.74) is 0.831. The van der Waals surface area contributed by atoms with Crippen LogP contribution in [0.2, 0.25) is 0 Å². The zero-order valence-electron chi connectivity index (χ0n) is 13.0. The molecule has 1 aromatic carbocycles. The minimum atomic E-state index is -3.60. The van der Waals surface area contributed by atoms with Gasteiger partial charge in [0, 0.05) is 19.3 Å². The molecular formula is C16H20FN3O2S. The third-order valence-electron chi connectivity index (χ3n) is 4.25. The van der Waals surface area contributed by atoms with Crippen LogP contribution in [-0.2, 0) is 16.6 Å². The number of aryl methyl sites for hydroxylation is 1. The second kappa shape index (κ2) is 6.41. The van der Waals surface area contributed by atoms with E-state index in [0.717, 1.165) is 24.8 Å². The quantitative estimate of drug-likeness (QED) is 0.862. The lowest BCUT2D eigenvalue weighted by Gasteiger charge is -2.34. The highest BCUT2D eigenvalue weighted by Gasteiger charge is 2.35. The molecule has 0 spiro atoms.